The highest BCUT2D eigenvalue weighted by molar-refractivity contribution is 8.18. The first-order valence-corrected chi connectivity index (χ1v) is 11.9. The molecule has 0 spiro atoms. The van der Waals surface area contributed by atoms with E-state index in [0.717, 1.165) is 33.5 Å². The summed E-state index contributed by atoms with van der Waals surface area (Å²) in [5, 5.41) is 10.9. The smallest absolute Gasteiger partial charge is 0.267 e. The summed E-state index contributed by atoms with van der Waals surface area (Å²) in [6.07, 6.45) is 3.83. The van der Waals surface area contributed by atoms with Gasteiger partial charge in [0.1, 0.15) is 12.3 Å². The lowest BCUT2D eigenvalue weighted by atomic mass is 10.1. The first kappa shape index (κ1) is 22.5. The molecule has 4 aromatic rings. The molecule has 1 aliphatic rings. The number of nitriles is 1. The SMILES string of the molecule is COc1ccc(CN2C(=O)/C(=C/c3cn(CC#N)c4ccccc34)SC2=Nc2ccccc2)cc1. The molecular formula is C28H22N4O2S. The van der Waals surface area contributed by atoms with Gasteiger partial charge in [-0.1, -0.05) is 48.5 Å². The van der Waals surface area contributed by atoms with E-state index in [9.17, 15) is 10.1 Å². The number of hydrogen-bond acceptors (Lipinski definition) is 5. The Morgan fingerprint density at radius 3 is 2.51 bits per heavy atom. The second kappa shape index (κ2) is 9.92. The minimum Gasteiger partial charge on any atom is -0.497 e. The Kier molecular flexibility index (Phi) is 6.38. The first-order chi connectivity index (χ1) is 17.2. The van der Waals surface area contributed by atoms with E-state index in [-0.39, 0.29) is 12.5 Å². The lowest BCUT2D eigenvalue weighted by Crippen LogP contribution is -2.28. The third-order valence-corrected chi connectivity index (χ3v) is 6.72. The molecule has 0 saturated carbocycles. The molecule has 7 heteroatoms. The number of aromatic nitrogens is 1. The first-order valence-electron chi connectivity index (χ1n) is 11.1. The number of hydrogen-bond donors (Lipinski definition) is 0. The Labute approximate surface area is 207 Å². The minimum atomic E-state index is -0.0994. The summed E-state index contributed by atoms with van der Waals surface area (Å²) in [6.45, 7) is 0.643. The van der Waals surface area contributed by atoms with Gasteiger partial charge in [0.05, 0.1) is 30.3 Å². The summed E-state index contributed by atoms with van der Waals surface area (Å²) in [5.74, 6) is 0.668. The van der Waals surface area contributed by atoms with Crippen LogP contribution in [-0.4, -0.2) is 27.7 Å². The highest BCUT2D eigenvalue weighted by Crippen LogP contribution is 2.36. The second-order valence-corrected chi connectivity index (χ2v) is 8.98. The maximum Gasteiger partial charge on any atom is 0.267 e. The van der Waals surface area contributed by atoms with Crippen molar-refractivity contribution in [2.75, 3.05) is 7.11 Å². The Bertz CT molecular complexity index is 1480. The van der Waals surface area contributed by atoms with Crippen molar-refractivity contribution in [1.82, 2.24) is 9.47 Å². The van der Waals surface area contributed by atoms with E-state index in [1.54, 1.807) is 12.0 Å². The lowest BCUT2D eigenvalue weighted by Gasteiger charge is -2.16. The number of amidine groups is 1. The number of nitrogens with zero attached hydrogens (tertiary/aromatic N) is 4. The number of carbonyl (C=O) groups excluding carboxylic acids is 1. The Morgan fingerprint density at radius 2 is 1.77 bits per heavy atom. The van der Waals surface area contributed by atoms with Gasteiger partial charge in [0, 0.05) is 22.7 Å². The predicted molar refractivity (Wildman–Crippen MR) is 140 cm³/mol. The van der Waals surface area contributed by atoms with Crippen LogP contribution in [0, 0.1) is 11.3 Å². The largest absolute Gasteiger partial charge is 0.497 e. The number of benzene rings is 3. The third kappa shape index (κ3) is 4.70. The molecule has 0 bridgehead atoms. The summed E-state index contributed by atoms with van der Waals surface area (Å²) in [7, 11) is 1.63. The van der Waals surface area contributed by atoms with Gasteiger partial charge in [-0.2, -0.15) is 5.26 Å². The van der Waals surface area contributed by atoms with Crippen molar-refractivity contribution in [3.8, 4) is 11.8 Å². The Morgan fingerprint density at radius 1 is 1.03 bits per heavy atom. The molecular weight excluding hydrogens is 456 g/mol. The van der Waals surface area contributed by atoms with Crippen molar-refractivity contribution in [1.29, 1.82) is 5.26 Å². The summed E-state index contributed by atoms with van der Waals surface area (Å²) in [4.78, 5) is 20.7. The van der Waals surface area contributed by atoms with E-state index in [1.807, 2.05) is 95.7 Å². The second-order valence-electron chi connectivity index (χ2n) is 7.97. The molecule has 172 valence electrons. The molecule has 1 aliphatic heterocycles. The fourth-order valence-electron chi connectivity index (χ4n) is 4.00. The molecule has 0 radical (unpaired) electrons. The van der Waals surface area contributed by atoms with E-state index in [2.05, 4.69) is 6.07 Å². The quantitative estimate of drug-likeness (QED) is 0.320. The molecule has 0 unspecified atom stereocenters. The summed E-state index contributed by atoms with van der Waals surface area (Å²) in [5.41, 5.74) is 3.63. The molecule has 0 atom stereocenters. The fraction of sp³-hybridized carbons (Fsp3) is 0.107. The van der Waals surface area contributed by atoms with Crippen LogP contribution in [-0.2, 0) is 17.9 Å². The Hall–Kier alpha value is -4.28. The monoisotopic (exact) mass is 478 g/mol. The van der Waals surface area contributed by atoms with Crippen LogP contribution in [0.15, 0.2) is 95.0 Å². The molecule has 1 saturated heterocycles. The highest BCUT2D eigenvalue weighted by atomic mass is 32.2. The van der Waals surface area contributed by atoms with Gasteiger partial charge < -0.3 is 9.30 Å². The molecule has 1 aromatic heterocycles. The van der Waals surface area contributed by atoms with Crippen molar-refractivity contribution in [3.05, 3.63) is 101 Å². The van der Waals surface area contributed by atoms with Gasteiger partial charge in [-0.05, 0) is 53.7 Å². The maximum absolute atomic E-state index is 13.6. The lowest BCUT2D eigenvalue weighted by molar-refractivity contribution is -0.122. The number of aliphatic imine (C=N–C) groups is 1. The number of ether oxygens (including phenoxy) is 1. The highest BCUT2D eigenvalue weighted by Gasteiger charge is 2.33. The van der Waals surface area contributed by atoms with Gasteiger partial charge in [0.25, 0.3) is 5.91 Å². The van der Waals surface area contributed by atoms with E-state index in [1.165, 1.54) is 11.8 Å². The van der Waals surface area contributed by atoms with Gasteiger partial charge in [-0.15, -0.1) is 0 Å². The van der Waals surface area contributed by atoms with Crippen LogP contribution in [0.4, 0.5) is 5.69 Å². The fourth-order valence-corrected chi connectivity index (χ4v) is 4.98. The van der Waals surface area contributed by atoms with Crippen LogP contribution in [0.5, 0.6) is 5.75 Å². The molecule has 3 aromatic carbocycles. The number of fused-ring (bicyclic) bond motifs is 1. The average molecular weight is 479 g/mol. The van der Waals surface area contributed by atoms with Crippen LogP contribution < -0.4 is 4.74 Å². The zero-order valence-electron chi connectivity index (χ0n) is 19.1. The minimum absolute atomic E-state index is 0.0994. The van der Waals surface area contributed by atoms with Crippen LogP contribution in [0.3, 0.4) is 0 Å². The van der Waals surface area contributed by atoms with Crippen LogP contribution in [0.1, 0.15) is 11.1 Å². The molecule has 35 heavy (non-hydrogen) atoms. The number of amides is 1. The van der Waals surface area contributed by atoms with Crippen molar-refractivity contribution >= 4 is 45.5 Å². The summed E-state index contributed by atoms with van der Waals surface area (Å²) >= 11 is 1.36. The van der Waals surface area contributed by atoms with Crippen molar-refractivity contribution in [3.63, 3.8) is 0 Å². The zero-order chi connectivity index (χ0) is 24.2. The number of methoxy groups -OCH3 is 1. The van der Waals surface area contributed by atoms with Gasteiger partial charge in [0.2, 0.25) is 0 Å². The van der Waals surface area contributed by atoms with E-state index in [0.29, 0.717) is 16.6 Å². The van der Waals surface area contributed by atoms with Gasteiger partial charge >= 0.3 is 0 Å². The van der Waals surface area contributed by atoms with E-state index >= 15 is 0 Å². The van der Waals surface area contributed by atoms with Crippen LogP contribution in [0.25, 0.3) is 17.0 Å². The van der Waals surface area contributed by atoms with Gasteiger partial charge in [-0.25, -0.2) is 4.99 Å². The molecule has 1 fully saturated rings. The number of rotatable bonds is 6. The zero-order valence-corrected chi connectivity index (χ0v) is 19.9. The molecule has 1 amide bonds. The van der Waals surface area contributed by atoms with Crippen molar-refractivity contribution < 1.29 is 9.53 Å². The average Bonchev–Trinajstić information content (AvgIpc) is 3.38. The predicted octanol–water partition coefficient (Wildman–Crippen LogP) is 5.98. The van der Waals surface area contributed by atoms with E-state index < -0.39 is 0 Å². The van der Waals surface area contributed by atoms with Crippen LogP contribution in [0.2, 0.25) is 0 Å². The molecule has 2 heterocycles. The number of thioether (sulfide) groups is 1. The molecule has 6 nitrogen and oxygen atoms in total. The van der Waals surface area contributed by atoms with E-state index in [4.69, 9.17) is 9.73 Å². The molecule has 0 aliphatic carbocycles. The van der Waals surface area contributed by atoms with Crippen molar-refractivity contribution in [2.45, 2.75) is 13.1 Å². The van der Waals surface area contributed by atoms with Crippen molar-refractivity contribution in [2.24, 2.45) is 4.99 Å². The Balaban J connectivity index is 1.54. The van der Waals surface area contributed by atoms with Gasteiger partial charge in [-0.3, -0.25) is 9.69 Å². The maximum atomic E-state index is 13.6. The summed E-state index contributed by atoms with van der Waals surface area (Å²) in [6, 6.07) is 27.4. The number of carbonyl (C=O) groups is 1. The molecule has 5 rings (SSSR count). The standard InChI is InChI=1S/C28H22N4O2S/c1-34-23-13-11-20(12-14-23)18-32-27(33)26(35-28(32)30-22-7-3-2-4-8-22)17-21-19-31(16-15-29)25-10-6-5-9-24(21)25/h2-14,17,19H,16,18H2,1H3/b26-17-,30-28?. The topological polar surface area (TPSA) is 70.6 Å². The summed E-state index contributed by atoms with van der Waals surface area (Å²) < 4.78 is 7.16. The number of para-hydroxylation sites is 2. The normalized spacial score (nSPS) is 15.8. The van der Waals surface area contributed by atoms with Gasteiger partial charge in [0.15, 0.2) is 5.17 Å². The molecule has 0 N–H and O–H groups in total. The third-order valence-electron chi connectivity index (χ3n) is 5.72. The van der Waals surface area contributed by atoms with Crippen LogP contribution >= 0.6 is 11.8 Å².